The number of rotatable bonds is 32. The first-order valence-corrected chi connectivity index (χ1v) is 25.3. The number of carbonyl (C=O) groups excluding carboxylic acids is 5. The van der Waals surface area contributed by atoms with Gasteiger partial charge in [0.1, 0.15) is 5.78 Å². The summed E-state index contributed by atoms with van der Waals surface area (Å²) in [5.74, 6) is -1.64. The van der Waals surface area contributed by atoms with Crippen LogP contribution in [0, 0.1) is 40.9 Å². The predicted molar refractivity (Wildman–Crippen MR) is 260 cm³/mol. The van der Waals surface area contributed by atoms with Crippen LogP contribution in [0.5, 0.6) is 0 Å². The number of methoxy groups -OCH3 is 2. The molecule has 0 spiro atoms. The van der Waals surface area contributed by atoms with Crippen molar-refractivity contribution in [3.05, 3.63) is 35.9 Å². The van der Waals surface area contributed by atoms with Crippen molar-refractivity contribution >= 4 is 35.3 Å². The van der Waals surface area contributed by atoms with Gasteiger partial charge in [-0.3, -0.25) is 33.7 Å². The third-order valence-corrected chi connectivity index (χ3v) is 15.1. The lowest BCUT2D eigenvalue weighted by Gasteiger charge is -2.36. The van der Waals surface area contributed by atoms with E-state index in [9.17, 15) is 28.8 Å². The highest BCUT2D eigenvalue weighted by Crippen LogP contribution is 2.62. The molecule has 1 heterocycles. The normalized spacial score (nSPS) is 22.0. The lowest BCUT2D eigenvalue weighted by Crippen LogP contribution is -2.55. The second-order valence-electron chi connectivity index (χ2n) is 20.5. The molecule has 3 rings (SSSR count). The highest BCUT2D eigenvalue weighted by Gasteiger charge is 2.59. The maximum Gasteiger partial charge on any atom is 0.303 e. The fourth-order valence-corrected chi connectivity index (χ4v) is 10.8. The number of carboxylic acid groups (broad SMARTS) is 1. The molecule has 3 N–H and O–H groups in total. The number of aliphatic carboxylic acids is 1. The van der Waals surface area contributed by atoms with Crippen molar-refractivity contribution in [2.24, 2.45) is 40.9 Å². The number of likely N-dealkylation sites (N-methyl/N-ethyl adjacent to an activating group) is 1. The lowest BCUT2D eigenvalue weighted by molar-refractivity contribution is -0.142. The van der Waals surface area contributed by atoms with Gasteiger partial charge in [0, 0.05) is 52.0 Å². The van der Waals surface area contributed by atoms with Crippen LogP contribution in [0.4, 0.5) is 0 Å². The number of ether oxygens (including phenoxy) is 2. The van der Waals surface area contributed by atoms with Crippen LogP contribution in [0.15, 0.2) is 30.3 Å². The van der Waals surface area contributed by atoms with E-state index in [1.807, 2.05) is 83.5 Å². The Labute approximate surface area is 397 Å². The number of ketones is 2. The van der Waals surface area contributed by atoms with E-state index in [1.165, 1.54) is 0 Å². The van der Waals surface area contributed by atoms with Crippen molar-refractivity contribution in [3.8, 4) is 0 Å². The molecule has 0 bridgehead atoms. The van der Waals surface area contributed by atoms with E-state index in [0.29, 0.717) is 58.2 Å². The topological polar surface area (TPSA) is 172 Å². The third kappa shape index (κ3) is 15.4. The van der Waals surface area contributed by atoms with Gasteiger partial charge in [-0.1, -0.05) is 99.1 Å². The van der Waals surface area contributed by atoms with Gasteiger partial charge in [0.2, 0.25) is 17.7 Å². The minimum absolute atomic E-state index is 0.00357. The van der Waals surface area contributed by atoms with Crippen LogP contribution in [-0.2, 0) is 38.2 Å². The fraction of sp³-hybridized carbons (Fsp3) is 0.774. The zero-order valence-electron chi connectivity index (χ0n) is 42.7. The van der Waals surface area contributed by atoms with Crippen molar-refractivity contribution in [3.63, 3.8) is 0 Å². The Bertz CT molecular complexity index is 1710. The number of hydrogen-bond acceptors (Lipinski definition) is 9. The van der Waals surface area contributed by atoms with Gasteiger partial charge in [-0.05, 0) is 107 Å². The summed E-state index contributed by atoms with van der Waals surface area (Å²) < 4.78 is 12.2. The Morgan fingerprint density at radius 1 is 0.909 bits per heavy atom. The molecule has 13 nitrogen and oxygen atoms in total. The van der Waals surface area contributed by atoms with Crippen molar-refractivity contribution in [2.45, 2.75) is 182 Å². The number of benzene rings is 1. The first-order valence-electron chi connectivity index (χ1n) is 25.3. The number of Topliss-reactive ketones (excluding diaryl/α,β-unsaturated/α-hetero) is 2. The maximum absolute atomic E-state index is 14.3. The van der Waals surface area contributed by atoms with Gasteiger partial charge < -0.3 is 30.1 Å². The Morgan fingerprint density at radius 2 is 1.59 bits per heavy atom. The molecule has 1 saturated heterocycles. The summed E-state index contributed by atoms with van der Waals surface area (Å²) in [6.07, 6.45) is 6.64. The van der Waals surface area contributed by atoms with E-state index in [0.717, 1.165) is 37.7 Å². The number of nitrogens with one attached hydrogen (secondary N) is 2. The number of carbonyl (C=O) groups is 6. The molecule has 2 aliphatic rings. The van der Waals surface area contributed by atoms with Gasteiger partial charge in [0.25, 0.3) is 0 Å². The first-order chi connectivity index (χ1) is 31.3. The molecule has 0 aromatic heterocycles. The Morgan fingerprint density at radius 3 is 2.17 bits per heavy atom. The minimum Gasteiger partial charge on any atom is -0.481 e. The summed E-state index contributed by atoms with van der Waals surface area (Å²) in [5.41, 5.74) is 0.668. The first kappa shape index (κ1) is 56.6. The molecule has 3 amide bonds. The molecule has 1 aromatic rings. The zero-order chi connectivity index (χ0) is 49.3. The van der Waals surface area contributed by atoms with Crippen molar-refractivity contribution in [2.75, 3.05) is 40.9 Å². The van der Waals surface area contributed by atoms with Crippen LogP contribution < -0.4 is 10.6 Å². The molecule has 1 aromatic carbocycles. The average Bonchev–Trinajstić information content (AvgIpc) is 3.83. The molecule has 1 saturated carbocycles. The van der Waals surface area contributed by atoms with Gasteiger partial charge in [0.15, 0.2) is 5.78 Å². The van der Waals surface area contributed by atoms with E-state index in [-0.39, 0.29) is 89.8 Å². The Balaban J connectivity index is 1.65. The number of carboxylic acids is 1. The lowest BCUT2D eigenvalue weighted by atomic mass is 9.79. The van der Waals surface area contributed by atoms with Crippen LogP contribution >= 0.6 is 0 Å². The minimum atomic E-state index is -0.874. The molecular formula is C53H88N4O9. The van der Waals surface area contributed by atoms with Gasteiger partial charge in [-0.2, -0.15) is 0 Å². The Kier molecular flexibility index (Phi) is 23.5. The second-order valence-corrected chi connectivity index (χ2v) is 20.5. The van der Waals surface area contributed by atoms with E-state index >= 15 is 0 Å². The quantitative estimate of drug-likeness (QED) is 0.0642. The summed E-state index contributed by atoms with van der Waals surface area (Å²) in [5, 5.41) is 15.3. The molecule has 11 atom stereocenters. The maximum atomic E-state index is 14.3. The smallest absolute Gasteiger partial charge is 0.303 e. The fourth-order valence-electron chi connectivity index (χ4n) is 10.8. The molecule has 1 aliphatic carbocycles. The van der Waals surface area contributed by atoms with Crippen LogP contribution in [0.2, 0.25) is 0 Å². The number of nitrogens with zero attached hydrogens (tertiary/aromatic N) is 2. The third-order valence-electron chi connectivity index (χ3n) is 15.1. The summed E-state index contributed by atoms with van der Waals surface area (Å²) >= 11 is 0. The molecule has 13 heteroatoms. The molecule has 2 fully saturated rings. The highest BCUT2D eigenvalue weighted by molar-refractivity contribution is 5.92. The second kappa shape index (κ2) is 27.3. The summed E-state index contributed by atoms with van der Waals surface area (Å²) in [7, 11) is 5.09. The zero-order valence-corrected chi connectivity index (χ0v) is 42.7. The molecule has 66 heavy (non-hydrogen) atoms. The molecule has 1 aliphatic heterocycles. The highest BCUT2D eigenvalue weighted by atomic mass is 16.5. The summed E-state index contributed by atoms with van der Waals surface area (Å²) in [4.78, 5) is 84.3. The van der Waals surface area contributed by atoms with Crippen LogP contribution in [0.25, 0.3) is 0 Å². The van der Waals surface area contributed by atoms with Crippen LogP contribution in [-0.4, -0.2) is 121 Å². The van der Waals surface area contributed by atoms with Crippen LogP contribution in [0.3, 0.4) is 0 Å². The van der Waals surface area contributed by atoms with Crippen molar-refractivity contribution in [1.82, 2.24) is 20.4 Å². The Hall–Kier alpha value is -3.68. The molecule has 11 unspecified atom stereocenters. The van der Waals surface area contributed by atoms with Crippen molar-refractivity contribution in [1.29, 1.82) is 0 Å². The number of amides is 3. The number of hydrogen-bond donors (Lipinski definition) is 3. The predicted octanol–water partition coefficient (Wildman–Crippen LogP) is 8.08. The van der Waals surface area contributed by atoms with Gasteiger partial charge in [-0.15, -0.1) is 0 Å². The number of likely N-dealkylation sites (tertiary alicyclic amines) is 1. The van der Waals surface area contributed by atoms with E-state index in [4.69, 9.17) is 14.6 Å². The molecule has 0 radical (unpaired) electrons. The van der Waals surface area contributed by atoms with E-state index in [2.05, 4.69) is 36.6 Å². The molecule has 374 valence electrons. The largest absolute Gasteiger partial charge is 0.481 e. The summed E-state index contributed by atoms with van der Waals surface area (Å²) in [6, 6.07) is 8.72. The van der Waals surface area contributed by atoms with Gasteiger partial charge in [0.05, 0.1) is 42.2 Å². The molecular weight excluding hydrogens is 837 g/mol. The van der Waals surface area contributed by atoms with Crippen molar-refractivity contribution < 1.29 is 43.3 Å². The standard InChI is InChI=1S/C53H88N4O9/c1-13-29-54-52(64)53(33-41(53)39-21-16-15-17-22-39)28-18-24-43(58)38(9)50(66-12)42-23-19-31-57(42)45(59)32-44(65-11)40(36(7)14-2)27-26-37(8)49(62)47(34(3)4)55-51(63)48(35(5)6)56(10)30-20-25-46(60)61/h15-17,21-22,34-38,40-42,44,47-48,50H,13-14,18-20,23-33H2,1-12H3,(H,54,64)(H,55,63)(H,60,61). The SMILES string of the molecule is CCCNC(=O)C1(CCCC(=O)C(C)C(OC)C2CCCN2C(=O)CC(OC)C(CCC(C)C(=O)C(NC(=O)C(C(C)C)N(C)CCCC(=O)O)C(C)C)C(C)CC)CC1c1ccccc1. The van der Waals surface area contributed by atoms with Gasteiger partial charge >= 0.3 is 5.97 Å². The summed E-state index contributed by atoms with van der Waals surface area (Å²) in [6.45, 7) is 19.6. The average molecular weight is 925 g/mol. The van der Waals surface area contributed by atoms with E-state index in [1.54, 1.807) is 14.2 Å². The van der Waals surface area contributed by atoms with E-state index < -0.39 is 35.5 Å². The van der Waals surface area contributed by atoms with Gasteiger partial charge in [-0.25, -0.2) is 0 Å². The van der Waals surface area contributed by atoms with Crippen LogP contribution in [0.1, 0.15) is 157 Å². The monoisotopic (exact) mass is 925 g/mol.